The van der Waals surface area contributed by atoms with E-state index in [0.29, 0.717) is 11.3 Å². The van der Waals surface area contributed by atoms with Gasteiger partial charge in [0.15, 0.2) is 5.78 Å². The number of carbonyl (C=O) groups excluding carboxylic acids is 2. The highest BCUT2D eigenvalue weighted by Crippen LogP contribution is 2.18. The summed E-state index contributed by atoms with van der Waals surface area (Å²) in [4.78, 5) is 23.2. The SMILES string of the molecule is CC(=O)Nc1ccc(C(=O)CNc2cccc(C)c2C)cc1. The quantitative estimate of drug-likeness (QED) is 0.829. The molecule has 0 aliphatic rings. The van der Waals surface area contributed by atoms with Crippen LogP contribution in [0.3, 0.4) is 0 Å². The maximum Gasteiger partial charge on any atom is 0.221 e. The normalized spacial score (nSPS) is 10.1. The summed E-state index contributed by atoms with van der Waals surface area (Å²) in [6.45, 7) is 5.77. The van der Waals surface area contributed by atoms with Gasteiger partial charge in [0.2, 0.25) is 5.91 Å². The Morgan fingerprint density at radius 3 is 2.32 bits per heavy atom. The van der Waals surface area contributed by atoms with E-state index in [1.54, 1.807) is 24.3 Å². The number of Topliss-reactive ketones (excluding diaryl/α,β-unsaturated/α-hetero) is 1. The second kappa shape index (κ2) is 6.89. The molecule has 0 heterocycles. The molecule has 0 bridgehead atoms. The van der Waals surface area contributed by atoms with Gasteiger partial charge in [-0.15, -0.1) is 0 Å². The smallest absolute Gasteiger partial charge is 0.221 e. The van der Waals surface area contributed by atoms with Crippen molar-refractivity contribution in [1.82, 2.24) is 0 Å². The minimum atomic E-state index is -0.129. The monoisotopic (exact) mass is 296 g/mol. The van der Waals surface area contributed by atoms with Gasteiger partial charge < -0.3 is 10.6 Å². The van der Waals surface area contributed by atoms with Crippen molar-refractivity contribution in [2.75, 3.05) is 17.2 Å². The van der Waals surface area contributed by atoms with E-state index in [-0.39, 0.29) is 18.2 Å². The summed E-state index contributed by atoms with van der Waals surface area (Å²) in [6.07, 6.45) is 0. The van der Waals surface area contributed by atoms with Gasteiger partial charge in [-0.25, -0.2) is 0 Å². The predicted molar refractivity (Wildman–Crippen MR) is 89.5 cm³/mol. The highest BCUT2D eigenvalue weighted by atomic mass is 16.1. The lowest BCUT2D eigenvalue weighted by molar-refractivity contribution is -0.114. The Hall–Kier alpha value is -2.62. The fourth-order valence-corrected chi connectivity index (χ4v) is 2.16. The van der Waals surface area contributed by atoms with E-state index >= 15 is 0 Å². The predicted octanol–water partition coefficient (Wildman–Crippen LogP) is 3.56. The van der Waals surface area contributed by atoms with E-state index in [2.05, 4.69) is 10.6 Å². The fourth-order valence-electron chi connectivity index (χ4n) is 2.16. The summed E-state index contributed by atoms with van der Waals surface area (Å²) >= 11 is 0. The van der Waals surface area contributed by atoms with Crippen LogP contribution in [0.1, 0.15) is 28.4 Å². The topological polar surface area (TPSA) is 58.2 Å². The van der Waals surface area contributed by atoms with Crippen LogP contribution < -0.4 is 10.6 Å². The van der Waals surface area contributed by atoms with Crippen LogP contribution in [0.5, 0.6) is 0 Å². The van der Waals surface area contributed by atoms with Crippen molar-refractivity contribution >= 4 is 23.1 Å². The van der Waals surface area contributed by atoms with Gasteiger partial charge in [-0.2, -0.15) is 0 Å². The van der Waals surface area contributed by atoms with Gasteiger partial charge in [0, 0.05) is 23.9 Å². The molecule has 0 saturated heterocycles. The molecule has 0 fully saturated rings. The maximum absolute atomic E-state index is 12.2. The Kier molecular flexibility index (Phi) is 4.94. The fraction of sp³-hybridized carbons (Fsp3) is 0.222. The van der Waals surface area contributed by atoms with E-state index < -0.39 is 0 Å². The largest absolute Gasteiger partial charge is 0.377 e. The van der Waals surface area contributed by atoms with Gasteiger partial charge in [0.05, 0.1) is 6.54 Å². The number of hydrogen-bond acceptors (Lipinski definition) is 3. The van der Waals surface area contributed by atoms with Gasteiger partial charge >= 0.3 is 0 Å². The molecule has 0 unspecified atom stereocenters. The van der Waals surface area contributed by atoms with E-state index in [0.717, 1.165) is 11.3 Å². The Bertz CT molecular complexity index is 691. The standard InChI is InChI=1S/C18H20N2O2/c1-12-5-4-6-17(13(12)2)19-11-18(22)15-7-9-16(10-8-15)20-14(3)21/h4-10,19H,11H2,1-3H3,(H,20,21). The summed E-state index contributed by atoms with van der Waals surface area (Å²) in [5.41, 5.74) is 4.62. The molecule has 114 valence electrons. The summed E-state index contributed by atoms with van der Waals surface area (Å²) in [5.74, 6) is -0.119. The number of hydrogen-bond donors (Lipinski definition) is 2. The number of rotatable bonds is 5. The Labute approximate surface area is 130 Å². The molecule has 22 heavy (non-hydrogen) atoms. The van der Waals surface area contributed by atoms with Gasteiger partial charge in [-0.05, 0) is 55.3 Å². The summed E-state index contributed by atoms with van der Waals surface area (Å²) in [7, 11) is 0. The van der Waals surface area contributed by atoms with Crippen LogP contribution in [0.4, 0.5) is 11.4 Å². The van der Waals surface area contributed by atoms with Crippen LogP contribution in [0, 0.1) is 13.8 Å². The maximum atomic E-state index is 12.2. The zero-order chi connectivity index (χ0) is 16.1. The zero-order valence-electron chi connectivity index (χ0n) is 13.1. The van der Waals surface area contributed by atoms with E-state index in [9.17, 15) is 9.59 Å². The third-order valence-corrected chi connectivity index (χ3v) is 3.57. The molecule has 2 N–H and O–H groups in total. The highest BCUT2D eigenvalue weighted by Gasteiger charge is 2.07. The number of amides is 1. The molecule has 0 aliphatic heterocycles. The Morgan fingerprint density at radius 2 is 1.68 bits per heavy atom. The molecule has 0 radical (unpaired) electrons. The molecule has 4 nitrogen and oxygen atoms in total. The molecular weight excluding hydrogens is 276 g/mol. The van der Waals surface area contributed by atoms with Crippen molar-refractivity contribution in [2.24, 2.45) is 0 Å². The Balaban J connectivity index is 2.00. The molecule has 0 atom stereocenters. The van der Waals surface area contributed by atoms with E-state index in [1.165, 1.54) is 12.5 Å². The van der Waals surface area contributed by atoms with Crippen molar-refractivity contribution in [3.8, 4) is 0 Å². The average molecular weight is 296 g/mol. The molecule has 0 spiro atoms. The molecule has 4 heteroatoms. The molecule has 2 aromatic carbocycles. The number of nitrogens with one attached hydrogen (secondary N) is 2. The highest BCUT2D eigenvalue weighted by molar-refractivity contribution is 5.99. The number of carbonyl (C=O) groups is 2. The molecule has 0 aliphatic carbocycles. The molecular formula is C18H20N2O2. The molecule has 2 aromatic rings. The molecule has 0 saturated carbocycles. The van der Waals surface area contributed by atoms with Gasteiger partial charge in [0.1, 0.15) is 0 Å². The first kappa shape index (κ1) is 15.8. The van der Waals surface area contributed by atoms with Crippen LogP contribution in [0.15, 0.2) is 42.5 Å². The van der Waals surface area contributed by atoms with Crippen molar-refractivity contribution in [1.29, 1.82) is 0 Å². The summed E-state index contributed by atoms with van der Waals surface area (Å²) in [5, 5.41) is 5.86. The number of anilines is 2. The third kappa shape index (κ3) is 3.95. The first-order valence-electron chi connectivity index (χ1n) is 7.18. The van der Waals surface area contributed by atoms with Crippen LogP contribution in [-0.4, -0.2) is 18.2 Å². The van der Waals surface area contributed by atoms with E-state index in [4.69, 9.17) is 0 Å². The van der Waals surface area contributed by atoms with Gasteiger partial charge in [-0.1, -0.05) is 12.1 Å². The van der Waals surface area contributed by atoms with Crippen LogP contribution in [-0.2, 0) is 4.79 Å². The third-order valence-electron chi connectivity index (χ3n) is 3.57. The average Bonchev–Trinajstić information content (AvgIpc) is 2.48. The van der Waals surface area contributed by atoms with E-state index in [1.807, 2.05) is 32.0 Å². The minimum Gasteiger partial charge on any atom is -0.377 e. The van der Waals surface area contributed by atoms with Crippen LogP contribution in [0.25, 0.3) is 0 Å². The zero-order valence-corrected chi connectivity index (χ0v) is 13.1. The summed E-state index contributed by atoms with van der Waals surface area (Å²) < 4.78 is 0. The van der Waals surface area contributed by atoms with Crippen LogP contribution >= 0.6 is 0 Å². The first-order valence-corrected chi connectivity index (χ1v) is 7.18. The minimum absolute atomic E-state index is 0.00952. The Morgan fingerprint density at radius 1 is 1.00 bits per heavy atom. The van der Waals surface area contributed by atoms with Crippen LogP contribution in [0.2, 0.25) is 0 Å². The second-order valence-corrected chi connectivity index (χ2v) is 5.28. The van der Waals surface area contributed by atoms with Gasteiger partial charge in [-0.3, -0.25) is 9.59 Å². The second-order valence-electron chi connectivity index (χ2n) is 5.28. The van der Waals surface area contributed by atoms with Gasteiger partial charge in [0.25, 0.3) is 0 Å². The summed E-state index contributed by atoms with van der Waals surface area (Å²) in [6, 6.07) is 12.9. The molecule has 0 aromatic heterocycles. The van der Waals surface area contributed by atoms with Crippen molar-refractivity contribution in [2.45, 2.75) is 20.8 Å². The number of benzene rings is 2. The van der Waals surface area contributed by atoms with Crippen molar-refractivity contribution < 1.29 is 9.59 Å². The molecule has 1 amide bonds. The van der Waals surface area contributed by atoms with Crippen molar-refractivity contribution in [3.05, 3.63) is 59.2 Å². The number of ketones is 1. The lowest BCUT2D eigenvalue weighted by atomic mass is 10.1. The lowest BCUT2D eigenvalue weighted by Crippen LogP contribution is -2.15. The lowest BCUT2D eigenvalue weighted by Gasteiger charge is -2.11. The first-order chi connectivity index (χ1) is 10.5. The number of aryl methyl sites for hydroxylation is 1. The van der Waals surface area contributed by atoms with Crippen molar-refractivity contribution in [3.63, 3.8) is 0 Å². The molecule has 2 rings (SSSR count).